The van der Waals surface area contributed by atoms with Crippen LogP contribution in [-0.2, 0) is 9.53 Å². The molecule has 1 heterocycles. The number of carbonyl (C=O) groups excluding carboxylic acids is 1. The van der Waals surface area contributed by atoms with Gasteiger partial charge in [0, 0.05) is 22.2 Å². The van der Waals surface area contributed by atoms with E-state index < -0.39 is 0 Å². The molecule has 1 aromatic rings. The minimum Gasteiger partial charge on any atom is -0.381 e. The zero-order chi connectivity index (χ0) is 16.8. The average Bonchev–Trinajstić information content (AvgIpc) is 2.55. The molecule has 0 saturated carbocycles. The van der Waals surface area contributed by atoms with Crippen LogP contribution < -0.4 is 5.32 Å². The minimum atomic E-state index is -0.126. The van der Waals surface area contributed by atoms with Gasteiger partial charge < -0.3 is 10.1 Å². The molecule has 1 unspecified atom stereocenters. The summed E-state index contributed by atoms with van der Waals surface area (Å²) in [4.78, 5) is 14.7. The second-order valence-electron chi connectivity index (χ2n) is 5.93. The third-order valence-electron chi connectivity index (χ3n) is 4.32. The number of ether oxygens (including phenoxy) is 1. The Morgan fingerprint density at radius 3 is 2.70 bits per heavy atom. The van der Waals surface area contributed by atoms with Gasteiger partial charge in [-0.05, 0) is 79.8 Å². The number of rotatable bonds is 6. The maximum atomic E-state index is 12.5. The van der Waals surface area contributed by atoms with E-state index in [1.807, 2.05) is 32.0 Å². The molecular weight excluding hydrogens is 424 g/mol. The lowest BCUT2D eigenvalue weighted by Crippen LogP contribution is -2.46. The Balaban J connectivity index is 1.85. The summed E-state index contributed by atoms with van der Waals surface area (Å²) in [5.74, 6) is 0.665. The van der Waals surface area contributed by atoms with Crippen LogP contribution in [0, 0.1) is 5.92 Å². The molecule has 0 spiro atoms. The molecule has 23 heavy (non-hydrogen) atoms. The molecule has 1 aromatic carbocycles. The molecule has 1 fully saturated rings. The molecule has 1 saturated heterocycles. The number of piperidine rings is 1. The number of nitrogens with one attached hydrogen (secondary N) is 1. The van der Waals surface area contributed by atoms with Crippen molar-refractivity contribution in [1.82, 2.24) is 4.90 Å². The van der Waals surface area contributed by atoms with Crippen molar-refractivity contribution in [2.75, 3.05) is 31.6 Å². The second-order valence-corrected chi connectivity index (χ2v) is 7.70. The zero-order valence-electron chi connectivity index (χ0n) is 13.6. The number of hydrogen-bond donors (Lipinski definition) is 1. The Hall–Kier alpha value is -0.430. The van der Waals surface area contributed by atoms with Gasteiger partial charge in [0.15, 0.2) is 0 Å². The van der Waals surface area contributed by atoms with Gasteiger partial charge in [-0.25, -0.2) is 0 Å². The molecule has 1 aliphatic heterocycles. The standard InChI is InChI=1S/C17H24Br2N2O2/c1-3-23-11-13-6-8-21(9-7-13)12(2)17(22)20-16-5-4-14(18)10-15(16)19/h4-5,10,12-13H,3,6-9,11H2,1-2H3,(H,20,22). The molecule has 0 aromatic heterocycles. The fourth-order valence-electron chi connectivity index (χ4n) is 2.79. The number of likely N-dealkylation sites (tertiary alicyclic amines) is 1. The van der Waals surface area contributed by atoms with Gasteiger partial charge in [0.05, 0.1) is 11.7 Å². The summed E-state index contributed by atoms with van der Waals surface area (Å²) in [6.07, 6.45) is 2.19. The first-order valence-electron chi connectivity index (χ1n) is 8.09. The van der Waals surface area contributed by atoms with Crippen molar-refractivity contribution < 1.29 is 9.53 Å². The summed E-state index contributed by atoms with van der Waals surface area (Å²) in [7, 11) is 0. The van der Waals surface area contributed by atoms with Crippen molar-refractivity contribution >= 4 is 43.5 Å². The van der Waals surface area contributed by atoms with Crippen molar-refractivity contribution in [3.05, 3.63) is 27.1 Å². The highest BCUT2D eigenvalue weighted by atomic mass is 79.9. The van der Waals surface area contributed by atoms with E-state index >= 15 is 0 Å². The van der Waals surface area contributed by atoms with Gasteiger partial charge in [-0.3, -0.25) is 9.69 Å². The van der Waals surface area contributed by atoms with Crippen molar-refractivity contribution in [2.45, 2.75) is 32.7 Å². The van der Waals surface area contributed by atoms with Crippen LogP contribution in [0.1, 0.15) is 26.7 Å². The first-order chi connectivity index (χ1) is 11.0. The molecule has 1 N–H and O–H groups in total. The first kappa shape index (κ1) is 18.9. The first-order valence-corrected chi connectivity index (χ1v) is 9.67. The van der Waals surface area contributed by atoms with Gasteiger partial charge in [0.25, 0.3) is 0 Å². The summed E-state index contributed by atoms with van der Waals surface area (Å²) >= 11 is 6.90. The normalized spacial score (nSPS) is 17.9. The van der Waals surface area contributed by atoms with E-state index in [9.17, 15) is 4.79 Å². The van der Waals surface area contributed by atoms with Crippen LogP contribution in [0.15, 0.2) is 27.1 Å². The van der Waals surface area contributed by atoms with E-state index in [-0.39, 0.29) is 11.9 Å². The Morgan fingerprint density at radius 1 is 1.39 bits per heavy atom. The lowest BCUT2D eigenvalue weighted by atomic mass is 9.96. The maximum Gasteiger partial charge on any atom is 0.241 e. The number of nitrogens with zero attached hydrogens (tertiary/aromatic N) is 1. The molecule has 0 aliphatic carbocycles. The summed E-state index contributed by atoms with van der Waals surface area (Å²) in [5.41, 5.74) is 0.802. The average molecular weight is 448 g/mol. The molecule has 1 aliphatic rings. The Kier molecular flexibility index (Phi) is 7.53. The molecule has 4 nitrogen and oxygen atoms in total. The van der Waals surface area contributed by atoms with E-state index in [2.05, 4.69) is 42.1 Å². The van der Waals surface area contributed by atoms with E-state index in [0.29, 0.717) is 5.92 Å². The number of carbonyl (C=O) groups is 1. The number of benzene rings is 1. The maximum absolute atomic E-state index is 12.5. The predicted molar refractivity (Wildman–Crippen MR) is 101 cm³/mol. The third-order valence-corrected chi connectivity index (χ3v) is 5.47. The largest absolute Gasteiger partial charge is 0.381 e. The lowest BCUT2D eigenvalue weighted by Gasteiger charge is -2.35. The van der Waals surface area contributed by atoms with Crippen molar-refractivity contribution in [2.24, 2.45) is 5.92 Å². The number of anilines is 1. The predicted octanol–water partition coefficient (Wildman–Crippen LogP) is 4.29. The molecule has 0 radical (unpaired) electrons. The summed E-state index contributed by atoms with van der Waals surface area (Å²) < 4.78 is 7.37. The van der Waals surface area contributed by atoms with Crippen LogP contribution in [0.5, 0.6) is 0 Å². The monoisotopic (exact) mass is 446 g/mol. The Labute approximate surface area is 155 Å². The molecule has 2 rings (SSSR count). The summed E-state index contributed by atoms with van der Waals surface area (Å²) in [5, 5.41) is 3.01. The fraction of sp³-hybridized carbons (Fsp3) is 0.588. The smallest absolute Gasteiger partial charge is 0.241 e. The van der Waals surface area contributed by atoms with Crippen molar-refractivity contribution in [3.63, 3.8) is 0 Å². The molecule has 128 valence electrons. The van der Waals surface area contributed by atoms with E-state index in [4.69, 9.17) is 4.74 Å². The van der Waals surface area contributed by atoms with Crippen LogP contribution in [0.2, 0.25) is 0 Å². The third kappa shape index (κ3) is 5.55. The van der Waals surface area contributed by atoms with E-state index in [1.165, 1.54) is 0 Å². The number of hydrogen-bond acceptors (Lipinski definition) is 3. The highest BCUT2D eigenvalue weighted by Gasteiger charge is 2.26. The molecular formula is C17H24Br2N2O2. The molecule has 0 bridgehead atoms. The summed E-state index contributed by atoms with van der Waals surface area (Å²) in [6.45, 7) is 7.53. The Morgan fingerprint density at radius 2 is 2.09 bits per heavy atom. The second kappa shape index (κ2) is 9.16. The lowest BCUT2D eigenvalue weighted by molar-refractivity contribution is -0.121. The molecule has 1 amide bonds. The SMILES string of the molecule is CCOCC1CCN(C(C)C(=O)Nc2ccc(Br)cc2Br)CC1. The number of amides is 1. The highest BCUT2D eigenvalue weighted by molar-refractivity contribution is 9.11. The van der Waals surface area contributed by atoms with Crippen LogP contribution in [0.25, 0.3) is 0 Å². The van der Waals surface area contributed by atoms with Gasteiger partial charge >= 0.3 is 0 Å². The quantitative estimate of drug-likeness (QED) is 0.707. The Bertz CT molecular complexity index is 531. The van der Waals surface area contributed by atoms with E-state index in [1.54, 1.807) is 0 Å². The van der Waals surface area contributed by atoms with Crippen LogP contribution >= 0.6 is 31.9 Å². The van der Waals surface area contributed by atoms with Gasteiger partial charge in [0.1, 0.15) is 0 Å². The van der Waals surface area contributed by atoms with Crippen LogP contribution in [0.4, 0.5) is 5.69 Å². The summed E-state index contributed by atoms with van der Waals surface area (Å²) in [6, 6.07) is 5.62. The highest BCUT2D eigenvalue weighted by Crippen LogP contribution is 2.27. The minimum absolute atomic E-state index is 0.0382. The van der Waals surface area contributed by atoms with Crippen molar-refractivity contribution in [1.29, 1.82) is 0 Å². The van der Waals surface area contributed by atoms with Crippen LogP contribution in [0.3, 0.4) is 0 Å². The topological polar surface area (TPSA) is 41.6 Å². The van der Waals surface area contributed by atoms with Gasteiger partial charge in [-0.15, -0.1) is 0 Å². The molecule has 1 atom stereocenters. The number of halogens is 2. The molecule has 6 heteroatoms. The van der Waals surface area contributed by atoms with Gasteiger partial charge in [-0.2, -0.15) is 0 Å². The van der Waals surface area contributed by atoms with Gasteiger partial charge in [-0.1, -0.05) is 15.9 Å². The van der Waals surface area contributed by atoms with Crippen molar-refractivity contribution in [3.8, 4) is 0 Å². The van der Waals surface area contributed by atoms with Crippen LogP contribution in [-0.4, -0.2) is 43.2 Å². The van der Waals surface area contributed by atoms with E-state index in [0.717, 1.165) is 53.8 Å². The fourth-order valence-corrected chi connectivity index (χ4v) is 3.93. The van der Waals surface area contributed by atoms with Gasteiger partial charge in [0.2, 0.25) is 5.91 Å². The zero-order valence-corrected chi connectivity index (χ0v) is 16.8.